The van der Waals surface area contributed by atoms with Gasteiger partial charge in [0.15, 0.2) is 11.5 Å². The van der Waals surface area contributed by atoms with Crippen molar-refractivity contribution in [3.05, 3.63) is 18.2 Å². The summed E-state index contributed by atoms with van der Waals surface area (Å²) in [6.45, 7) is 7.13. The van der Waals surface area contributed by atoms with Gasteiger partial charge in [0.2, 0.25) is 18.6 Å². The molecule has 0 unspecified atom stereocenters. The molecule has 130 valence electrons. The maximum atomic E-state index is 12.2. The van der Waals surface area contributed by atoms with E-state index in [9.17, 15) is 9.59 Å². The number of anilines is 1. The van der Waals surface area contributed by atoms with Crippen LogP contribution in [0.3, 0.4) is 0 Å². The molecule has 0 aliphatic carbocycles. The molecule has 7 nitrogen and oxygen atoms in total. The molecule has 24 heavy (non-hydrogen) atoms. The van der Waals surface area contributed by atoms with Crippen LogP contribution in [-0.4, -0.2) is 61.1 Å². The first-order valence-electron chi connectivity index (χ1n) is 8.23. The molecule has 0 atom stereocenters. The Hall–Kier alpha value is -2.28. The maximum Gasteiger partial charge on any atom is 0.238 e. The van der Waals surface area contributed by atoms with Crippen molar-refractivity contribution in [1.29, 1.82) is 0 Å². The normalized spacial score (nSPS) is 17.2. The van der Waals surface area contributed by atoms with Crippen molar-refractivity contribution in [1.82, 2.24) is 9.80 Å². The molecule has 2 aliphatic heterocycles. The maximum absolute atomic E-state index is 12.2. The van der Waals surface area contributed by atoms with Crippen molar-refractivity contribution in [2.45, 2.75) is 13.8 Å². The topological polar surface area (TPSA) is 71.1 Å². The Labute approximate surface area is 141 Å². The summed E-state index contributed by atoms with van der Waals surface area (Å²) in [4.78, 5) is 28.1. The number of carbonyl (C=O) groups excluding carboxylic acids is 2. The van der Waals surface area contributed by atoms with Gasteiger partial charge in [0.1, 0.15) is 0 Å². The third-order valence-electron chi connectivity index (χ3n) is 4.20. The fourth-order valence-electron chi connectivity index (χ4n) is 2.87. The monoisotopic (exact) mass is 333 g/mol. The molecule has 0 spiro atoms. The van der Waals surface area contributed by atoms with Crippen molar-refractivity contribution in [2.75, 3.05) is 44.8 Å². The first-order valence-corrected chi connectivity index (χ1v) is 8.23. The van der Waals surface area contributed by atoms with E-state index in [1.165, 1.54) is 0 Å². The van der Waals surface area contributed by atoms with Crippen LogP contribution in [0, 0.1) is 5.92 Å². The number of rotatable bonds is 4. The van der Waals surface area contributed by atoms with E-state index in [0.717, 1.165) is 0 Å². The molecule has 3 rings (SSSR count). The minimum absolute atomic E-state index is 0.0193. The number of benzene rings is 1. The molecule has 1 N–H and O–H groups in total. The predicted molar refractivity (Wildman–Crippen MR) is 89.1 cm³/mol. The molecule has 0 aromatic heterocycles. The molecule has 1 aromatic carbocycles. The second-order valence-electron chi connectivity index (χ2n) is 6.37. The smallest absolute Gasteiger partial charge is 0.238 e. The van der Waals surface area contributed by atoms with Gasteiger partial charge in [0.05, 0.1) is 6.54 Å². The highest BCUT2D eigenvalue weighted by Crippen LogP contribution is 2.34. The van der Waals surface area contributed by atoms with Gasteiger partial charge in [0.25, 0.3) is 0 Å². The zero-order valence-corrected chi connectivity index (χ0v) is 14.1. The van der Waals surface area contributed by atoms with Crippen molar-refractivity contribution < 1.29 is 19.1 Å². The summed E-state index contributed by atoms with van der Waals surface area (Å²) in [5.41, 5.74) is 0.692. The molecule has 2 heterocycles. The molecule has 2 amide bonds. The summed E-state index contributed by atoms with van der Waals surface area (Å²) >= 11 is 0. The van der Waals surface area contributed by atoms with E-state index < -0.39 is 0 Å². The summed E-state index contributed by atoms with van der Waals surface area (Å²) in [7, 11) is 0. The van der Waals surface area contributed by atoms with Crippen molar-refractivity contribution in [2.24, 2.45) is 5.92 Å². The molecule has 2 aliphatic rings. The Kier molecular flexibility index (Phi) is 4.89. The van der Waals surface area contributed by atoms with E-state index >= 15 is 0 Å². The first-order chi connectivity index (χ1) is 11.5. The van der Waals surface area contributed by atoms with Crippen LogP contribution in [0.1, 0.15) is 13.8 Å². The number of carbonyl (C=O) groups is 2. The van der Waals surface area contributed by atoms with Crippen LogP contribution in [0.15, 0.2) is 18.2 Å². The highest BCUT2D eigenvalue weighted by atomic mass is 16.7. The van der Waals surface area contributed by atoms with Crippen LogP contribution in [-0.2, 0) is 9.59 Å². The fraction of sp³-hybridized carbons (Fsp3) is 0.529. The SMILES string of the molecule is CC(C)C(=O)N1CCN(CC(=O)Nc2ccc3c(c2)OCO3)CC1. The van der Waals surface area contributed by atoms with Gasteiger partial charge in [-0.05, 0) is 12.1 Å². The van der Waals surface area contributed by atoms with Crippen LogP contribution in [0.5, 0.6) is 11.5 Å². The van der Waals surface area contributed by atoms with Crippen LogP contribution in [0.2, 0.25) is 0 Å². The highest BCUT2D eigenvalue weighted by molar-refractivity contribution is 5.92. The number of fused-ring (bicyclic) bond motifs is 1. The van der Waals surface area contributed by atoms with Crippen molar-refractivity contribution in [3.8, 4) is 11.5 Å². The lowest BCUT2D eigenvalue weighted by atomic mass is 10.1. The minimum Gasteiger partial charge on any atom is -0.454 e. The number of hydrogen-bond donors (Lipinski definition) is 1. The summed E-state index contributed by atoms with van der Waals surface area (Å²) in [5.74, 6) is 1.47. The Morgan fingerprint density at radius 1 is 1.12 bits per heavy atom. The molecule has 1 fully saturated rings. The molecule has 0 radical (unpaired) electrons. The average molecular weight is 333 g/mol. The number of piperazine rings is 1. The lowest BCUT2D eigenvalue weighted by molar-refractivity contribution is -0.136. The molecule has 1 saturated heterocycles. The third-order valence-corrected chi connectivity index (χ3v) is 4.20. The zero-order chi connectivity index (χ0) is 17.1. The third kappa shape index (κ3) is 3.79. The lowest BCUT2D eigenvalue weighted by Crippen LogP contribution is -2.51. The van der Waals surface area contributed by atoms with Crippen molar-refractivity contribution in [3.63, 3.8) is 0 Å². The summed E-state index contributed by atoms with van der Waals surface area (Å²) in [5, 5.41) is 2.87. The molecule has 0 bridgehead atoms. The van der Waals surface area contributed by atoms with Gasteiger partial charge in [-0.25, -0.2) is 0 Å². The van der Waals surface area contributed by atoms with Gasteiger partial charge < -0.3 is 19.7 Å². The summed E-state index contributed by atoms with van der Waals surface area (Å²) in [6.07, 6.45) is 0. The quantitative estimate of drug-likeness (QED) is 0.895. The Morgan fingerprint density at radius 3 is 2.54 bits per heavy atom. The van der Waals surface area contributed by atoms with Gasteiger partial charge in [0, 0.05) is 43.9 Å². The average Bonchev–Trinajstić information content (AvgIpc) is 3.02. The van der Waals surface area contributed by atoms with E-state index in [0.29, 0.717) is 49.9 Å². The zero-order valence-electron chi connectivity index (χ0n) is 14.1. The van der Waals surface area contributed by atoms with Gasteiger partial charge >= 0.3 is 0 Å². The molecule has 1 aromatic rings. The Balaban J connectivity index is 1.47. The number of nitrogens with zero attached hydrogens (tertiary/aromatic N) is 2. The van der Waals surface area contributed by atoms with E-state index in [4.69, 9.17) is 9.47 Å². The second kappa shape index (κ2) is 7.09. The first kappa shape index (κ1) is 16.6. The fourth-order valence-corrected chi connectivity index (χ4v) is 2.87. The number of nitrogens with one attached hydrogen (secondary N) is 1. The van der Waals surface area contributed by atoms with Crippen LogP contribution >= 0.6 is 0 Å². The van der Waals surface area contributed by atoms with Crippen LogP contribution in [0.25, 0.3) is 0 Å². The van der Waals surface area contributed by atoms with E-state index in [1.54, 1.807) is 18.2 Å². The molecule has 0 saturated carbocycles. The molecular formula is C17H23N3O4. The standard InChI is InChI=1S/C17H23N3O4/c1-12(2)17(22)20-7-5-19(6-8-20)10-16(21)18-13-3-4-14-15(9-13)24-11-23-14/h3-4,9,12H,5-8,10-11H2,1-2H3,(H,18,21). The van der Waals surface area contributed by atoms with Crippen molar-refractivity contribution >= 4 is 17.5 Å². The predicted octanol–water partition coefficient (Wildman–Crippen LogP) is 1.15. The Morgan fingerprint density at radius 2 is 1.83 bits per heavy atom. The van der Waals surface area contributed by atoms with Gasteiger partial charge in [-0.1, -0.05) is 13.8 Å². The van der Waals surface area contributed by atoms with Gasteiger partial charge in [-0.3, -0.25) is 14.5 Å². The van der Waals surface area contributed by atoms with E-state index in [1.807, 2.05) is 18.7 Å². The second-order valence-corrected chi connectivity index (χ2v) is 6.37. The van der Waals surface area contributed by atoms with Crippen LogP contribution in [0.4, 0.5) is 5.69 Å². The highest BCUT2D eigenvalue weighted by Gasteiger charge is 2.24. The Bertz CT molecular complexity index is 624. The lowest BCUT2D eigenvalue weighted by Gasteiger charge is -2.35. The number of amides is 2. The largest absolute Gasteiger partial charge is 0.454 e. The summed E-state index contributed by atoms with van der Waals surface area (Å²) < 4.78 is 10.6. The van der Waals surface area contributed by atoms with Gasteiger partial charge in [-0.2, -0.15) is 0 Å². The minimum atomic E-state index is -0.0718. The van der Waals surface area contributed by atoms with Crippen LogP contribution < -0.4 is 14.8 Å². The number of ether oxygens (including phenoxy) is 2. The van der Waals surface area contributed by atoms with Gasteiger partial charge in [-0.15, -0.1) is 0 Å². The van der Waals surface area contributed by atoms with E-state index in [-0.39, 0.29) is 24.5 Å². The molecular weight excluding hydrogens is 310 g/mol. The molecule has 7 heteroatoms. The summed E-state index contributed by atoms with van der Waals surface area (Å²) in [6, 6.07) is 5.35. The van der Waals surface area contributed by atoms with E-state index in [2.05, 4.69) is 10.2 Å². The number of hydrogen-bond acceptors (Lipinski definition) is 5.